The number of hydrogen-bond donors (Lipinski definition) is 0. The highest BCUT2D eigenvalue weighted by atomic mass is 16.2. The van der Waals surface area contributed by atoms with Crippen molar-refractivity contribution in [3.63, 3.8) is 0 Å². The first-order valence-electron chi connectivity index (χ1n) is 4.27. The smallest absolute Gasteiger partial charge is 0.321 e. The maximum Gasteiger partial charge on any atom is 0.326 e. The van der Waals surface area contributed by atoms with Crippen LogP contribution in [0.25, 0.3) is 0 Å². The summed E-state index contributed by atoms with van der Waals surface area (Å²) in [5, 5.41) is 0. The van der Waals surface area contributed by atoms with E-state index in [2.05, 4.69) is 0 Å². The van der Waals surface area contributed by atoms with Gasteiger partial charge in [-0.15, -0.1) is 0 Å². The zero-order chi connectivity index (χ0) is 8.72. The van der Waals surface area contributed by atoms with E-state index in [1.54, 1.807) is 11.9 Å². The van der Waals surface area contributed by atoms with Crippen molar-refractivity contribution >= 4 is 11.9 Å². The quantitative estimate of drug-likeness (QED) is 0.526. The molecule has 0 aliphatic carbocycles. The fourth-order valence-electron chi connectivity index (χ4n) is 1.94. The molecule has 0 aromatic rings. The lowest BCUT2D eigenvalue weighted by Crippen LogP contribution is -2.52. The maximum absolute atomic E-state index is 11.4. The van der Waals surface area contributed by atoms with Crippen LogP contribution in [0.15, 0.2) is 0 Å². The molecular formula is C8H12N2O2. The topological polar surface area (TPSA) is 40.6 Å². The Kier molecular flexibility index (Phi) is 1.56. The summed E-state index contributed by atoms with van der Waals surface area (Å²) in [5.41, 5.74) is 0. The average Bonchev–Trinajstić information content (AvgIpc) is 2.48. The van der Waals surface area contributed by atoms with Crippen molar-refractivity contribution in [1.82, 2.24) is 9.80 Å². The van der Waals surface area contributed by atoms with Crippen molar-refractivity contribution in [3.05, 3.63) is 0 Å². The molecule has 2 aliphatic rings. The van der Waals surface area contributed by atoms with E-state index in [0.29, 0.717) is 6.42 Å². The molecular weight excluding hydrogens is 156 g/mol. The third-order valence-corrected chi connectivity index (χ3v) is 2.69. The van der Waals surface area contributed by atoms with Gasteiger partial charge in [0.2, 0.25) is 5.91 Å². The van der Waals surface area contributed by atoms with Crippen LogP contribution in [0.2, 0.25) is 0 Å². The van der Waals surface area contributed by atoms with Crippen molar-refractivity contribution in [1.29, 1.82) is 0 Å². The van der Waals surface area contributed by atoms with Gasteiger partial charge in [0, 0.05) is 26.1 Å². The Morgan fingerprint density at radius 1 is 1.42 bits per heavy atom. The summed E-state index contributed by atoms with van der Waals surface area (Å²) in [6, 6.07) is 0.0787. The minimum atomic E-state index is -0.117. The molecule has 0 radical (unpaired) electrons. The molecule has 0 unspecified atom stereocenters. The van der Waals surface area contributed by atoms with Gasteiger partial charge in [-0.1, -0.05) is 0 Å². The molecule has 2 fully saturated rings. The molecule has 3 amide bonds. The predicted octanol–water partition coefficient (Wildman–Crippen LogP) is 0.433. The van der Waals surface area contributed by atoms with Gasteiger partial charge in [0.1, 0.15) is 0 Å². The fourth-order valence-corrected chi connectivity index (χ4v) is 1.94. The number of urea groups is 1. The Morgan fingerprint density at radius 3 is 2.92 bits per heavy atom. The average molecular weight is 168 g/mol. The van der Waals surface area contributed by atoms with Crippen LogP contribution in [0, 0.1) is 0 Å². The van der Waals surface area contributed by atoms with Crippen LogP contribution < -0.4 is 0 Å². The van der Waals surface area contributed by atoms with Gasteiger partial charge in [0.15, 0.2) is 0 Å². The van der Waals surface area contributed by atoms with Crippen LogP contribution >= 0.6 is 0 Å². The van der Waals surface area contributed by atoms with E-state index < -0.39 is 0 Å². The molecule has 0 aromatic heterocycles. The molecule has 66 valence electrons. The van der Waals surface area contributed by atoms with E-state index in [1.165, 1.54) is 4.90 Å². The Balaban J connectivity index is 2.21. The molecule has 0 aromatic carbocycles. The third-order valence-electron chi connectivity index (χ3n) is 2.69. The van der Waals surface area contributed by atoms with E-state index >= 15 is 0 Å². The molecule has 12 heavy (non-hydrogen) atoms. The van der Waals surface area contributed by atoms with Gasteiger partial charge in [-0.2, -0.15) is 0 Å². The van der Waals surface area contributed by atoms with Crippen molar-refractivity contribution in [2.45, 2.75) is 25.3 Å². The first kappa shape index (κ1) is 7.58. The number of rotatable bonds is 0. The van der Waals surface area contributed by atoms with Gasteiger partial charge in [0.05, 0.1) is 0 Å². The summed E-state index contributed by atoms with van der Waals surface area (Å²) >= 11 is 0. The molecule has 0 N–H and O–H groups in total. The van der Waals surface area contributed by atoms with Gasteiger partial charge in [-0.25, -0.2) is 4.79 Å². The lowest BCUT2D eigenvalue weighted by Gasteiger charge is -2.33. The highest BCUT2D eigenvalue weighted by molar-refractivity contribution is 5.97. The molecule has 4 heteroatoms. The van der Waals surface area contributed by atoms with E-state index in [9.17, 15) is 9.59 Å². The first-order chi connectivity index (χ1) is 5.70. The standard InChI is InChI=1S/C8H12N2O2/c1-9-7(11)5-6-3-2-4-10(6)8(9)12/h6H,2-5H2,1H3/t6-/m1/s1. The Morgan fingerprint density at radius 2 is 2.17 bits per heavy atom. The minimum Gasteiger partial charge on any atom is -0.321 e. The van der Waals surface area contributed by atoms with Crippen molar-refractivity contribution < 1.29 is 9.59 Å². The van der Waals surface area contributed by atoms with Gasteiger partial charge >= 0.3 is 6.03 Å². The zero-order valence-corrected chi connectivity index (χ0v) is 7.12. The fraction of sp³-hybridized carbons (Fsp3) is 0.750. The molecule has 1 atom stereocenters. The summed E-state index contributed by atoms with van der Waals surface area (Å²) < 4.78 is 0. The second-order valence-electron chi connectivity index (χ2n) is 3.43. The monoisotopic (exact) mass is 168 g/mol. The van der Waals surface area contributed by atoms with Crippen LogP contribution in [0.5, 0.6) is 0 Å². The number of amides is 3. The predicted molar refractivity (Wildman–Crippen MR) is 42.5 cm³/mol. The Bertz CT molecular complexity index is 239. The summed E-state index contributed by atoms with van der Waals surface area (Å²) in [4.78, 5) is 25.7. The van der Waals surface area contributed by atoms with Crippen LogP contribution in [0.3, 0.4) is 0 Å². The second kappa shape index (κ2) is 2.47. The number of carbonyl (C=O) groups excluding carboxylic acids is 2. The van der Waals surface area contributed by atoms with E-state index in [-0.39, 0.29) is 18.0 Å². The molecule has 2 saturated heterocycles. The first-order valence-corrected chi connectivity index (χ1v) is 4.27. The molecule has 0 spiro atoms. The van der Waals surface area contributed by atoms with Gasteiger partial charge < -0.3 is 4.90 Å². The maximum atomic E-state index is 11.4. The SMILES string of the molecule is CN1C(=O)C[C@H]2CCCN2C1=O. The largest absolute Gasteiger partial charge is 0.326 e. The molecule has 0 saturated carbocycles. The normalized spacial score (nSPS) is 29.6. The molecule has 4 nitrogen and oxygen atoms in total. The molecule has 2 rings (SSSR count). The van der Waals surface area contributed by atoms with Crippen LogP contribution in [0.1, 0.15) is 19.3 Å². The van der Waals surface area contributed by atoms with Crippen molar-refractivity contribution in [3.8, 4) is 0 Å². The highest BCUT2D eigenvalue weighted by Gasteiger charge is 2.38. The van der Waals surface area contributed by atoms with Gasteiger partial charge in [-0.05, 0) is 12.8 Å². The van der Waals surface area contributed by atoms with Gasteiger partial charge in [0.25, 0.3) is 0 Å². The number of imide groups is 1. The highest BCUT2D eigenvalue weighted by Crippen LogP contribution is 2.25. The van der Waals surface area contributed by atoms with Crippen LogP contribution in [0.4, 0.5) is 4.79 Å². The van der Waals surface area contributed by atoms with E-state index in [4.69, 9.17) is 0 Å². The van der Waals surface area contributed by atoms with E-state index in [1.807, 2.05) is 0 Å². The summed E-state index contributed by atoms with van der Waals surface area (Å²) in [5.74, 6) is -0.0387. The Labute approximate surface area is 71.1 Å². The second-order valence-corrected chi connectivity index (χ2v) is 3.43. The summed E-state index contributed by atoms with van der Waals surface area (Å²) in [6.45, 7) is 0.821. The van der Waals surface area contributed by atoms with Crippen molar-refractivity contribution in [2.24, 2.45) is 0 Å². The zero-order valence-electron chi connectivity index (χ0n) is 7.12. The van der Waals surface area contributed by atoms with Crippen molar-refractivity contribution in [2.75, 3.05) is 13.6 Å². The number of carbonyl (C=O) groups is 2. The number of nitrogens with zero attached hydrogens (tertiary/aromatic N) is 2. The third kappa shape index (κ3) is 0.906. The van der Waals surface area contributed by atoms with Gasteiger partial charge in [-0.3, -0.25) is 9.69 Å². The molecule has 2 aliphatic heterocycles. The summed E-state index contributed by atoms with van der Waals surface area (Å²) in [6.07, 6.45) is 2.55. The van der Waals surface area contributed by atoms with Crippen LogP contribution in [-0.2, 0) is 4.79 Å². The lowest BCUT2D eigenvalue weighted by atomic mass is 10.1. The lowest BCUT2D eigenvalue weighted by molar-refractivity contribution is -0.130. The molecule has 2 heterocycles. The molecule has 0 bridgehead atoms. The number of hydrogen-bond acceptors (Lipinski definition) is 2. The van der Waals surface area contributed by atoms with Crippen LogP contribution in [-0.4, -0.2) is 41.4 Å². The number of fused-ring (bicyclic) bond motifs is 1. The summed E-state index contributed by atoms with van der Waals surface area (Å²) in [7, 11) is 1.55. The van der Waals surface area contributed by atoms with E-state index in [0.717, 1.165) is 19.4 Å². The minimum absolute atomic E-state index is 0.0387. The Hall–Kier alpha value is -1.06.